The molecule has 25 heavy (non-hydrogen) atoms. The summed E-state index contributed by atoms with van der Waals surface area (Å²) in [6.07, 6.45) is 3.63. The Morgan fingerprint density at radius 1 is 1.16 bits per heavy atom. The largest absolute Gasteiger partial charge is 0.490 e. The Bertz CT molecular complexity index is 547. The van der Waals surface area contributed by atoms with E-state index in [9.17, 15) is 4.79 Å². The molecule has 1 aromatic carbocycles. The van der Waals surface area contributed by atoms with E-state index in [2.05, 4.69) is 26.1 Å². The Labute approximate surface area is 153 Å². The number of aryl methyl sites for hydroxylation is 2. The monoisotopic (exact) mass is 349 g/mol. The third-order valence-electron chi connectivity index (χ3n) is 4.44. The Morgan fingerprint density at radius 2 is 1.76 bits per heavy atom. The van der Waals surface area contributed by atoms with Gasteiger partial charge in [0.25, 0.3) is 5.91 Å². The fourth-order valence-corrected chi connectivity index (χ4v) is 2.81. The van der Waals surface area contributed by atoms with Gasteiger partial charge in [0.1, 0.15) is 11.4 Å². The molecule has 1 amide bonds. The van der Waals surface area contributed by atoms with Crippen LogP contribution in [0.15, 0.2) is 12.1 Å². The lowest BCUT2D eigenvalue weighted by atomic mass is 9.98. The van der Waals surface area contributed by atoms with Crippen LogP contribution in [0, 0.1) is 13.8 Å². The quantitative estimate of drug-likeness (QED) is 0.615. The SMILES string of the molecule is CCCO[C@](C)(CCC)C(=O)Nc1cc(C)c(O[C@H](C)CC)c(C)c1. The molecule has 0 aliphatic heterocycles. The zero-order valence-electron chi connectivity index (χ0n) is 17.0. The fourth-order valence-electron chi connectivity index (χ4n) is 2.81. The fraction of sp³-hybridized carbons (Fsp3) is 0.667. The van der Waals surface area contributed by atoms with E-state index in [1.54, 1.807) is 0 Å². The molecule has 0 unspecified atom stereocenters. The summed E-state index contributed by atoms with van der Waals surface area (Å²) in [4.78, 5) is 12.8. The van der Waals surface area contributed by atoms with Gasteiger partial charge in [-0.1, -0.05) is 27.2 Å². The first-order valence-electron chi connectivity index (χ1n) is 9.50. The normalized spacial score (nSPS) is 14.7. The van der Waals surface area contributed by atoms with Gasteiger partial charge in [0.05, 0.1) is 6.10 Å². The number of benzene rings is 1. The maximum Gasteiger partial charge on any atom is 0.256 e. The summed E-state index contributed by atoms with van der Waals surface area (Å²) >= 11 is 0. The molecule has 0 saturated carbocycles. The van der Waals surface area contributed by atoms with Crippen LogP contribution in [0.5, 0.6) is 5.75 Å². The minimum absolute atomic E-state index is 0.0859. The van der Waals surface area contributed by atoms with E-state index in [-0.39, 0.29) is 12.0 Å². The van der Waals surface area contributed by atoms with Crippen LogP contribution in [0.25, 0.3) is 0 Å². The van der Waals surface area contributed by atoms with Gasteiger partial charge < -0.3 is 14.8 Å². The summed E-state index contributed by atoms with van der Waals surface area (Å²) in [6, 6.07) is 3.93. The van der Waals surface area contributed by atoms with Gasteiger partial charge in [-0.15, -0.1) is 0 Å². The molecule has 0 heterocycles. The van der Waals surface area contributed by atoms with Crippen molar-refractivity contribution in [3.63, 3.8) is 0 Å². The van der Waals surface area contributed by atoms with Crippen LogP contribution >= 0.6 is 0 Å². The molecule has 0 fully saturated rings. The number of carbonyl (C=O) groups excluding carboxylic acids is 1. The first-order valence-corrected chi connectivity index (χ1v) is 9.50. The number of hydrogen-bond acceptors (Lipinski definition) is 3. The Morgan fingerprint density at radius 3 is 2.24 bits per heavy atom. The molecule has 1 N–H and O–H groups in total. The predicted molar refractivity (Wildman–Crippen MR) is 104 cm³/mol. The van der Waals surface area contributed by atoms with Gasteiger partial charge in [-0.3, -0.25) is 4.79 Å². The minimum Gasteiger partial charge on any atom is -0.490 e. The number of hydrogen-bond donors (Lipinski definition) is 1. The molecular formula is C21H35NO3. The number of ether oxygens (including phenoxy) is 2. The van der Waals surface area contributed by atoms with Gasteiger partial charge in [0.2, 0.25) is 0 Å². The second-order valence-electron chi connectivity index (χ2n) is 7.06. The highest BCUT2D eigenvalue weighted by Crippen LogP contribution is 2.29. The number of rotatable bonds is 10. The van der Waals surface area contributed by atoms with Crippen LogP contribution in [-0.2, 0) is 9.53 Å². The van der Waals surface area contributed by atoms with Crippen molar-refractivity contribution in [3.8, 4) is 5.75 Å². The Hall–Kier alpha value is -1.55. The lowest BCUT2D eigenvalue weighted by Gasteiger charge is -2.28. The van der Waals surface area contributed by atoms with Crippen LogP contribution in [0.2, 0.25) is 0 Å². The summed E-state index contributed by atoms with van der Waals surface area (Å²) in [5.74, 6) is 0.822. The molecule has 0 bridgehead atoms. The average molecular weight is 350 g/mol. The summed E-state index contributed by atoms with van der Waals surface area (Å²) in [7, 11) is 0. The van der Waals surface area contributed by atoms with E-state index in [0.29, 0.717) is 13.0 Å². The molecule has 1 rings (SSSR count). The van der Waals surface area contributed by atoms with Crippen LogP contribution in [0.1, 0.15) is 71.4 Å². The maximum absolute atomic E-state index is 12.8. The summed E-state index contributed by atoms with van der Waals surface area (Å²) < 4.78 is 11.9. The molecule has 0 aliphatic carbocycles. The molecule has 0 radical (unpaired) electrons. The lowest BCUT2D eigenvalue weighted by Crippen LogP contribution is -2.43. The van der Waals surface area contributed by atoms with Crippen molar-refractivity contribution >= 4 is 11.6 Å². The highest BCUT2D eigenvalue weighted by molar-refractivity contribution is 5.97. The number of carbonyl (C=O) groups is 1. The average Bonchev–Trinajstić information content (AvgIpc) is 2.56. The molecule has 142 valence electrons. The smallest absolute Gasteiger partial charge is 0.256 e. The zero-order chi connectivity index (χ0) is 19.0. The second kappa shape index (κ2) is 9.81. The third-order valence-corrected chi connectivity index (χ3v) is 4.44. The van der Waals surface area contributed by atoms with E-state index in [0.717, 1.165) is 41.8 Å². The van der Waals surface area contributed by atoms with Crippen molar-refractivity contribution in [2.24, 2.45) is 0 Å². The van der Waals surface area contributed by atoms with Crippen LogP contribution in [-0.4, -0.2) is 24.2 Å². The molecular weight excluding hydrogens is 314 g/mol. The summed E-state index contributed by atoms with van der Waals surface area (Å²) in [5, 5.41) is 3.03. The highest BCUT2D eigenvalue weighted by Gasteiger charge is 2.33. The third kappa shape index (κ3) is 6.03. The standard InChI is InChI=1S/C21H35NO3/c1-8-11-21(7,24-12-9-2)20(23)22-18-13-15(4)19(16(5)14-18)25-17(6)10-3/h13-14,17H,8-12H2,1-7H3,(H,22,23)/t17-,21-/m1/s1. The lowest BCUT2D eigenvalue weighted by molar-refractivity contribution is -0.140. The number of nitrogens with one attached hydrogen (secondary N) is 1. The molecule has 0 saturated heterocycles. The molecule has 4 nitrogen and oxygen atoms in total. The highest BCUT2D eigenvalue weighted by atomic mass is 16.5. The number of anilines is 1. The summed E-state index contributed by atoms with van der Waals surface area (Å²) in [6.45, 7) is 14.8. The van der Waals surface area contributed by atoms with Crippen LogP contribution in [0.4, 0.5) is 5.69 Å². The first-order chi connectivity index (χ1) is 11.8. The van der Waals surface area contributed by atoms with Gasteiger partial charge in [-0.05, 0) is 70.2 Å². The molecule has 0 aromatic heterocycles. The van der Waals surface area contributed by atoms with E-state index in [1.807, 2.05) is 39.8 Å². The predicted octanol–water partition coefficient (Wildman–Crippen LogP) is 5.40. The second-order valence-corrected chi connectivity index (χ2v) is 7.06. The molecule has 0 spiro atoms. The zero-order valence-corrected chi connectivity index (χ0v) is 17.0. The minimum atomic E-state index is -0.793. The van der Waals surface area contributed by atoms with E-state index in [1.165, 1.54) is 0 Å². The van der Waals surface area contributed by atoms with Crippen molar-refractivity contribution in [2.45, 2.75) is 85.9 Å². The van der Waals surface area contributed by atoms with Crippen LogP contribution in [0.3, 0.4) is 0 Å². The maximum atomic E-state index is 12.8. The van der Waals surface area contributed by atoms with E-state index in [4.69, 9.17) is 9.47 Å². The van der Waals surface area contributed by atoms with Gasteiger partial charge in [0.15, 0.2) is 0 Å². The molecule has 1 aromatic rings. The first kappa shape index (κ1) is 21.5. The summed E-state index contributed by atoms with van der Waals surface area (Å²) in [5.41, 5.74) is 2.06. The topological polar surface area (TPSA) is 47.6 Å². The van der Waals surface area contributed by atoms with Crippen molar-refractivity contribution in [3.05, 3.63) is 23.3 Å². The molecule has 2 atom stereocenters. The van der Waals surface area contributed by atoms with E-state index < -0.39 is 5.60 Å². The Kier molecular flexibility index (Phi) is 8.43. The van der Waals surface area contributed by atoms with Crippen LogP contribution < -0.4 is 10.1 Å². The van der Waals surface area contributed by atoms with Crippen molar-refractivity contribution in [1.29, 1.82) is 0 Å². The van der Waals surface area contributed by atoms with E-state index >= 15 is 0 Å². The molecule has 4 heteroatoms. The Balaban J connectivity index is 2.96. The van der Waals surface area contributed by atoms with Crippen molar-refractivity contribution in [2.75, 3.05) is 11.9 Å². The molecule has 0 aliphatic rings. The van der Waals surface area contributed by atoms with Gasteiger partial charge in [-0.25, -0.2) is 0 Å². The van der Waals surface area contributed by atoms with Crippen molar-refractivity contribution < 1.29 is 14.3 Å². The van der Waals surface area contributed by atoms with Crippen molar-refractivity contribution in [1.82, 2.24) is 0 Å². The van der Waals surface area contributed by atoms with Gasteiger partial charge in [-0.2, -0.15) is 0 Å². The van der Waals surface area contributed by atoms with Gasteiger partial charge >= 0.3 is 0 Å². The number of amides is 1. The van der Waals surface area contributed by atoms with Gasteiger partial charge in [0, 0.05) is 12.3 Å².